The van der Waals surface area contributed by atoms with Crippen LogP contribution in [0.5, 0.6) is 11.5 Å². The van der Waals surface area contributed by atoms with Crippen LogP contribution in [-0.4, -0.2) is 29.0 Å². The molecule has 26 heavy (non-hydrogen) atoms. The first-order valence-corrected chi connectivity index (χ1v) is 9.40. The van der Waals surface area contributed by atoms with Crippen molar-refractivity contribution >= 4 is 28.7 Å². The Morgan fingerprint density at radius 2 is 2.15 bits per heavy atom. The van der Waals surface area contributed by atoms with E-state index in [9.17, 15) is 14.7 Å². The van der Waals surface area contributed by atoms with E-state index in [1.165, 1.54) is 23.9 Å². The van der Waals surface area contributed by atoms with E-state index in [1.807, 2.05) is 6.26 Å². The van der Waals surface area contributed by atoms with E-state index in [-0.39, 0.29) is 28.6 Å². The number of esters is 1. The molecule has 0 amide bonds. The van der Waals surface area contributed by atoms with Crippen molar-refractivity contribution in [2.45, 2.75) is 38.9 Å². The number of ether oxygens (including phenoxy) is 2. The average Bonchev–Trinajstić information content (AvgIpc) is 2.53. The van der Waals surface area contributed by atoms with Crippen molar-refractivity contribution in [3.05, 3.63) is 45.2 Å². The highest BCUT2D eigenvalue weighted by Gasteiger charge is 2.41. The molecule has 3 rings (SSSR count). The lowest BCUT2D eigenvalue weighted by molar-refractivity contribution is -0.155. The summed E-state index contributed by atoms with van der Waals surface area (Å²) < 4.78 is 17.0. The Morgan fingerprint density at radius 1 is 1.42 bits per heavy atom. The van der Waals surface area contributed by atoms with Crippen molar-refractivity contribution in [2.24, 2.45) is 0 Å². The number of fused-ring (bicyclic) bond motifs is 2. The molecule has 0 unspecified atom stereocenters. The predicted octanol–water partition coefficient (Wildman–Crippen LogP) is 3.31. The second kappa shape index (κ2) is 6.72. The molecule has 0 bridgehead atoms. The van der Waals surface area contributed by atoms with Gasteiger partial charge in [0.2, 0.25) is 0 Å². The van der Waals surface area contributed by atoms with Crippen molar-refractivity contribution in [1.29, 1.82) is 0 Å². The topological polar surface area (TPSA) is 86.0 Å². The van der Waals surface area contributed by atoms with Crippen LogP contribution in [0.1, 0.15) is 25.2 Å². The van der Waals surface area contributed by atoms with Gasteiger partial charge in [0.25, 0.3) is 0 Å². The molecular formula is C19H20O6S. The second-order valence-corrected chi connectivity index (χ2v) is 7.41. The third kappa shape index (κ3) is 3.31. The molecule has 1 aromatic carbocycles. The monoisotopic (exact) mass is 376 g/mol. The lowest BCUT2D eigenvalue weighted by Gasteiger charge is -2.39. The van der Waals surface area contributed by atoms with Gasteiger partial charge in [-0.1, -0.05) is 0 Å². The lowest BCUT2D eigenvalue weighted by Crippen LogP contribution is -2.48. The number of hydrogen-bond acceptors (Lipinski definition) is 7. The van der Waals surface area contributed by atoms with Gasteiger partial charge in [0.15, 0.2) is 5.43 Å². The van der Waals surface area contributed by atoms with Gasteiger partial charge in [-0.15, -0.1) is 11.8 Å². The van der Waals surface area contributed by atoms with Gasteiger partial charge >= 0.3 is 5.97 Å². The summed E-state index contributed by atoms with van der Waals surface area (Å²) in [7, 11) is 0. The zero-order chi connectivity index (χ0) is 19.1. The number of carbonyl (C=O) groups excluding carboxylic acids is 1. The number of phenols is 1. The predicted molar refractivity (Wildman–Crippen MR) is 99.8 cm³/mol. The molecule has 0 radical (unpaired) electrons. The van der Waals surface area contributed by atoms with E-state index in [0.29, 0.717) is 17.1 Å². The Hall–Kier alpha value is -2.41. The zero-order valence-corrected chi connectivity index (χ0v) is 15.8. The zero-order valence-electron chi connectivity index (χ0n) is 15.0. The van der Waals surface area contributed by atoms with Gasteiger partial charge in [-0.05, 0) is 32.4 Å². The minimum atomic E-state index is -0.805. The molecule has 1 atom stereocenters. The van der Waals surface area contributed by atoms with Gasteiger partial charge in [-0.3, -0.25) is 4.79 Å². The number of benzene rings is 1. The Kier molecular flexibility index (Phi) is 4.75. The van der Waals surface area contributed by atoms with Crippen molar-refractivity contribution in [3.63, 3.8) is 0 Å². The van der Waals surface area contributed by atoms with Crippen molar-refractivity contribution in [3.8, 4) is 11.5 Å². The Morgan fingerprint density at radius 3 is 2.85 bits per heavy atom. The van der Waals surface area contributed by atoms with Crippen molar-refractivity contribution in [1.82, 2.24) is 0 Å². The molecule has 0 aliphatic carbocycles. The van der Waals surface area contributed by atoms with Gasteiger partial charge in [-0.2, -0.15) is 0 Å². The van der Waals surface area contributed by atoms with Crippen molar-refractivity contribution in [2.75, 3.05) is 6.26 Å². The van der Waals surface area contributed by atoms with Crippen LogP contribution in [0.15, 0.2) is 32.8 Å². The molecule has 138 valence electrons. The van der Waals surface area contributed by atoms with E-state index in [4.69, 9.17) is 13.9 Å². The maximum atomic E-state index is 12.3. The smallest absolute Gasteiger partial charge is 0.331 e. The Labute approximate surface area is 154 Å². The van der Waals surface area contributed by atoms with Crippen LogP contribution < -0.4 is 10.2 Å². The summed E-state index contributed by atoms with van der Waals surface area (Å²) in [6.45, 7) is 5.28. The maximum Gasteiger partial charge on any atom is 0.331 e. The minimum absolute atomic E-state index is 0.102. The second-order valence-electron chi connectivity index (χ2n) is 6.67. The standard InChI is InChI=1S/C19H20O6S/c1-10-7-12(20)17-14(23-10)9-13-11(18(17)22)8-15(19(2,3)25-13)24-16(21)5-6-26-4/h5-7,9,15,22H,8H2,1-4H3/b6-5-/t15-/m1/s1. The SMILES string of the molecule is CS/C=C\C(=O)O[C@@H]1Cc2c(cc3oc(C)cc(=O)c3c2O)OC1(C)C. The molecule has 0 spiro atoms. The van der Waals surface area contributed by atoms with Crippen LogP contribution in [0.25, 0.3) is 11.0 Å². The third-order valence-corrected chi connectivity index (χ3v) is 4.73. The fraction of sp³-hybridized carbons (Fsp3) is 0.368. The van der Waals surface area contributed by atoms with E-state index in [2.05, 4.69) is 0 Å². The summed E-state index contributed by atoms with van der Waals surface area (Å²) >= 11 is 1.39. The minimum Gasteiger partial charge on any atom is -0.507 e. The number of hydrogen-bond donors (Lipinski definition) is 1. The highest BCUT2D eigenvalue weighted by atomic mass is 32.2. The maximum absolute atomic E-state index is 12.3. The number of phenolic OH excluding ortho intramolecular Hbond substituents is 1. The summed E-state index contributed by atoms with van der Waals surface area (Å²) in [5, 5.41) is 12.4. The van der Waals surface area contributed by atoms with Crippen LogP contribution >= 0.6 is 11.8 Å². The van der Waals surface area contributed by atoms with E-state index in [0.717, 1.165) is 0 Å². The van der Waals surface area contributed by atoms with E-state index >= 15 is 0 Å². The largest absolute Gasteiger partial charge is 0.507 e. The molecule has 0 fully saturated rings. The molecule has 1 N–H and O–H groups in total. The molecule has 1 aliphatic heterocycles. The van der Waals surface area contributed by atoms with Gasteiger partial charge in [0.1, 0.15) is 39.9 Å². The fourth-order valence-electron chi connectivity index (χ4n) is 3.00. The number of aromatic hydroxyl groups is 1. The summed E-state index contributed by atoms with van der Waals surface area (Å²) in [5.41, 5.74) is -0.439. The van der Waals surface area contributed by atoms with Crippen LogP contribution in [0.2, 0.25) is 0 Å². The first kappa shape index (κ1) is 18.4. The number of thioether (sulfide) groups is 1. The van der Waals surface area contributed by atoms with Gasteiger partial charge in [0, 0.05) is 30.2 Å². The van der Waals surface area contributed by atoms with Gasteiger partial charge in [0.05, 0.1) is 0 Å². The first-order chi connectivity index (χ1) is 12.2. The summed E-state index contributed by atoms with van der Waals surface area (Å²) in [6, 6.07) is 2.93. The highest BCUT2D eigenvalue weighted by molar-refractivity contribution is 8.01. The molecule has 1 aromatic heterocycles. The van der Waals surface area contributed by atoms with Crippen LogP contribution in [0.4, 0.5) is 0 Å². The summed E-state index contributed by atoms with van der Waals surface area (Å²) in [6.07, 6.45) is 2.80. The Balaban J connectivity index is 2.05. The average molecular weight is 376 g/mol. The molecule has 6 nitrogen and oxygen atoms in total. The summed E-state index contributed by atoms with van der Waals surface area (Å²) in [5.74, 6) is 0.187. The van der Waals surface area contributed by atoms with Crippen LogP contribution in [0.3, 0.4) is 0 Å². The molecule has 1 aliphatic rings. The fourth-order valence-corrected chi connectivity index (χ4v) is 3.24. The van der Waals surface area contributed by atoms with Crippen LogP contribution in [0, 0.1) is 6.92 Å². The van der Waals surface area contributed by atoms with Gasteiger partial charge < -0.3 is 19.0 Å². The Bertz CT molecular complexity index is 957. The lowest BCUT2D eigenvalue weighted by atomic mass is 9.89. The van der Waals surface area contributed by atoms with E-state index < -0.39 is 17.7 Å². The molecule has 2 aromatic rings. The third-order valence-electron chi connectivity index (χ3n) is 4.32. The molecule has 7 heteroatoms. The number of rotatable bonds is 3. The molecule has 0 saturated heterocycles. The number of aryl methyl sites for hydroxylation is 1. The first-order valence-electron chi connectivity index (χ1n) is 8.11. The molecule has 0 saturated carbocycles. The van der Waals surface area contributed by atoms with Crippen molar-refractivity contribution < 1.29 is 23.8 Å². The van der Waals surface area contributed by atoms with E-state index in [1.54, 1.807) is 32.2 Å². The molecule has 2 heterocycles. The van der Waals surface area contributed by atoms with Crippen LogP contribution in [-0.2, 0) is 16.0 Å². The number of carbonyl (C=O) groups is 1. The molecular weight excluding hydrogens is 356 g/mol. The highest BCUT2D eigenvalue weighted by Crippen LogP contribution is 2.42. The summed E-state index contributed by atoms with van der Waals surface area (Å²) in [4.78, 5) is 24.2. The quantitative estimate of drug-likeness (QED) is 0.650. The normalized spacial score (nSPS) is 18.5. The van der Waals surface area contributed by atoms with Gasteiger partial charge in [-0.25, -0.2) is 4.79 Å².